The Balaban J connectivity index is 2.32. The van der Waals surface area contributed by atoms with Gasteiger partial charge in [0.1, 0.15) is 0 Å². The minimum Gasteiger partial charge on any atom is -0.327 e. The van der Waals surface area contributed by atoms with E-state index >= 15 is 0 Å². The molecule has 0 radical (unpaired) electrons. The molecular formula is C12H16ClNS. The average Bonchev–Trinajstić information content (AvgIpc) is 2.81. The van der Waals surface area contributed by atoms with Crippen LogP contribution < -0.4 is 5.73 Å². The first kappa shape index (κ1) is 11.3. The third kappa shape index (κ3) is 2.49. The van der Waals surface area contributed by atoms with Gasteiger partial charge in [-0.05, 0) is 24.1 Å². The minimum atomic E-state index is 0.316. The Kier molecular flexibility index (Phi) is 3.29. The maximum Gasteiger partial charge on any atom is 0.0452 e. The van der Waals surface area contributed by atoms with Crippen LogP contribution in [0.4, 0.5) is 0 Å². The maximum absolute atomic E-state index is 6.24. The fourth-order valence-electron chi connectivity index (χ4n) is 1.78. The minimum absolute atomic E-state index is 0.316. The predicted molar refractivity (Wildman–Crippen MR) is 67.8 cm³/mol. The highest BCUT2D eigenvalue weighted by molar-refractivity contribution is 8.00. The summed E-state index contributed by atoms with van der Waals surface area (Å²) < 4.78 is 0. The van der Waals surface area contributed by atoms with Gasteiger partial charge in [0.25, 0.3) is 0 Å². The SMILES string of the molecule is CC(C)Sc1cccc(Cl)c1[C@@H]1C[C@H]1N. The molecule has 0 heterocycles. The molecule has 0 unspecified atom stereocenters. The lowest BCUT2D eigenvalue weighted by Gasteiger charge is -2.12. The summed E-state index contributed by atoms with van der Waals surface area (Å²) in [5.74, 6) is 0.486. The van der Waals surface area contributed by atoms with Crippen molar-refractivity contribution in [3.05, 3.63) is 28.8 Å². The lowest BCUT2D eigenvalue weighted by atomic mass is 10.1. The normalized spacial score (nSPS) is 24.6. The maximum atomic E-state index is 6.24. The lowest BCUT2D eigenvalue weighted by Crippen LogP contribution is -2.02. The molecule has 2 rings (SSSR count). The van der Waals surface area contributed by atoms with Crippen molar-refractivity contribution in [3.63, 3.8) is 0 Å². The van der Waals surface area contributed by atoms with Gasteiger partial charge >= 0.3 is 0 Å². The monoisotopic (exact) mass is 241 g/mol. The molecule has 1 aromatic carbocycles. The van der Waals surface area contributed by atoms with Crippen molar-refractivity contribution in [3.8, 4) is 0 Å². The van der Waals surface area contributed by atoms with E-state index in [9.17, 15) is 0 Å². The van der Waals surface area contributed by atoms with E-state index in [-0.39, 0.29) is 0 Å². The van der Waals surface area contributed by atoms with E-state index in [1.807, 2.05) is 23.9 Å². The molecule has 0 bridgehead atoms. The number of rotatable bonds is 3. The van der Waals surface area contributed by atoms with E-state index in [2.05, 4.69) is 19.9 Å². The van der Waals surface area contributed by atoms with E-state index in [1.165, 1.54) is 10.5 Å². The molecule has 0 aromatic heterocycles. The second-order valence-corrected chi connectivity index (χ2v) is 6.35. The van der Waals surface area contributed by atoms with E-state index < -0.39 is 0 Å². The fraction of sp³-hybridized carbons (Fsp3) is 0.500. The molecule has 1 aromatic rings. The Morgan fingerprint density at radius 2 is 2.13 bits per heavy atom. The summed E-state index contributed by atoms with van der Waals surface area (Å²) in [6.45, 7) is 4.39. The number of thioether (sulfide) groups is 1. The van der Waals surface area contributed by atoms with E-state index in [0.717, 1.165) is 11.4 Å². The van der Waals surface area contributed by atoms with Crippen LogP contribution in [-0.2, 0) is 0 Å². The molecule has 3 heteroatoms. The first-order valence-corrected chi connectivity index (χ1v) is 6.56. The van der Waals surface area contributed by atoms with Gasteiger partial charge in [-0.15, -0.1) is 11.8 Å². The lowest BCUT2D eigenvalue weighted by molar-refractivity contribution is 0.965. The van der Waals surface area contributed by atoms with Crippen LogP contribution in [0, 0.1) is 0 Å². The number of nitrogens with two attached hydrogens (primary N) is 1. The molecule has 82 valence electrons. The molecule has 15 heavy (non-hydrogen) atoms. The van der Waals surface area contributed by atoms with Crippen LogP contribution in [0.5, 0.6) is 0 Å². The van der Waals surface area contributed by atoms with Crippen molar-refractivity contribution in [2.24, 2.45) is 5.73 Å². The van der Waals surface area contributed by atoms with Gasteiger partial charge in [-0.2, -0.15) is 0 Å². The molecule has 1 aliphatic rings. The van der Waals surface area contributed by atoms with Crippen LogP contribution in [0.1, 0.15) is 31.7 Å². The number of halogens is 1. The summed E-state index contributed by atoms with van der Waals surface area (Å²) in [5.41, 5.74) is 7.17. The molecule has 0 spiro atoms. The number of hydrogen-bond donors (Lipinski definition) is 1. The Labute approximate surface area is 100 Å². The average molecular weight is 242 g/mol. The quantitative estimate of drug-likeness (QED) is 0.818. The Bertz CT molecular complexity index is 365. The van der Waals surface area contributed by atoms with Crippen molar-refractivity contribution < 1.29 is 0 Å². The van der Waals surface area contributed by atoms with Crippen LogP contribution in [0.15, 0.2) is 23.1 Å². The van der Waals surface area contributed by atoms with Crippen LogP contribution in [0.25, 0.3) is 0 Å². The molecule has 2 atom stereocenters. The van der Waals surface area contributed by atoms with E-state index in [0.29, 0.717) is 17.2 Å². The number of hydrogen-bond acceptors (Lipinski definition) is 2. The highest BCUT2D eigenvalue weighted by atomic mass is 35.5. The molecule has 0 aliphatic heterocycles. The largest absolute Gasteiger partial charge is 0.327 e. The molecule has 1 fully saturated rings. The molecule has 1 aliphatic carbocycles. The second-order valence-electron chi connectivity index (χ2n) is 4.32. The molecule has 0 amide bonds. The highest BCUT2D eigenvalue weighted by Crippen LogP contribution is 2.47. The van der Waals surface area contributed by atoms with Crippen molar-refractivity contribution in [1.29, 1.82) is 0 Å². The smallest absolute Gasteiger partial charge is 0.0452 e. The summed E-state index contributed by atoms with van der Waals surface area (Å²) >= 11 is 8.11. The van der Waals surface area contributed by atoms with Crippen molar-refractivity contribution >= 4 is 23.4 Å². The van der Waals surface area contributed by atoms with Crippen LogP contribution in [-0.4, -0.2) is 11.3 Å². The highest BCUT2D eigenvalue weighted by Gasteiger charge is 2.37. The Morgan fingerprint density at radius 1 is 1.47 bits per heavy atom. The van der Waals surface area contributed by atoms with Gasteiger partial charge in [0.05, 0.1) is 0 Å². The first-order valence-electron chi connectivity index (χ1n) is 5.30. The first-order chi connectivity index (χ1) is 7.09. The topological polar surface area (TPSA) is 26.0 Å². The van der Waals surface area contributed by atoms with Gasteiger partial charge in [-0.1, -0.05) is 31.5 Å². The zero-order valence-electron chi connectivity index (χ0n) is 9.03. The molecule has 2 N–H and O–H groups in total. The molecule has 1 saturated carbocycles. The van der Waals surface area contributed by atoms with Crippen molar-refractivity contribution in [2.75, 3.05) is 0 Å². The third-order valence-electron chi connectivity index (χ3n) is 2.59. The third-order valence-corrected chi connectivity index (χ3v) is 4.00. The van der Waals surface area contributed by atoms with Crippen LogP contribution >= 0.6 is 23.4 Å². The van der Waals surface area contributed by atoms with Crippen molar-refractivity contribution in [1.82, 2.24) is 0 Å². The zero-order chi connectivity index (χ0) is 11.0. The fourth-order valence-corrected chi connectivity index (χ4v) is 3.20. The van der Waals surface area contributed by atoms with Gasteiger partial charge in [0, 0.05) is 27.1 Å². The van der Waals surface area contributed by atoms with Gasteiger partial charge < -0.3 is 5.73 Å². The van der Waals surface area contributed by atoms with Gasteiger partial charge in [-0.3, -0.25) is 0 Å². The van der Waals surface area contributed by atoms with E-state index in [4.69, 9.17) is 17.3 Å². The molecule has 1 nitrogen and oxygen atoms in total. The summed E-state index contributed by atoms with van der Waals surface area (Å²) in [6.07, 6.45) is 1.08. The van der Waals surface area contributed by atoms with Crippen LogP contribution in [0.2, 0.25) is 5.02 Å². The summed E-state index contributed by atoms with van der Waals surface area (Å²) in [7, 11) is 0. The summed E-state index contributed by atoms with van der Waals surface area (Å²) in [5, 5.41) is 1.45. The molecular weight excluding hydrogens is 226 g/mol. The summed E-state index contributed by atoms with van der Waals surface area (Å²) in [6, 6.07) is 6.45. The van der Waals surface area contributed by atoms with Gasteiger partial charge in [0.2, 0.25) is 0 Å². The number of benzene rings is 1. The van der Waals surface area contributed by atoms with E-state index in [1.54, 1.807) is 0 Å². The van der Waals surface area contributed by atoms with Crippen molar-refractivity contribution in [2.45, 2.75) is 42.4 Å². The molecule has 0 saturated heterocycles. The van der Waals surface area contributed by atoms with Gasteiger partial charge in [-0.25, -0.2) is 0 Å². The second kappa shape index (κ2) is 4.36. The predicted octanol–water partition coefficient (Wildman–Crippen LogP) is 3.66. The van der Waals surface area contributed by atoms with Gasteiger partial charge in [0.15, 0.2) is 0 Å². The Hall–Kier alpha value is -0.180. The van der Waals surface area contributed by atoms with Crippen LogP contribution in [0.3, 0.4) is 0 Å². The standard InChI is InChI=1S/C12H16ClNS/c1-7(2)15-11-5-3-4-9(13)12(11)8-6-10(8)14/h3-5,7-8,10H,6,14H2,1-2H3/t8-,10-/m1/s1. The Morgan fingerprint density at radius 3 is 2.67 bits per heavy atom. The zero-order valence-corrected chi connectivity index (χ0v) is 10.6. The summed E-state index contributed by atoms with van der Waals surface area (Å²) in [4.78, 5) is 1.30.